The van der Waals surface area contributed by atoms with E-state index in [2.05, 4.69) is 64.1 Å². The van der Waals surface area contributed by atoms with Gasteiger partial charge in [-0.05, 0) is 47.1 Å². The molecular weight excluding hydrogens is 564 g/mol. The van der Waals surface area contributed by atoms with Crippen LogP contribution in [0.5, 0.6) is 5.75 Å². The standard InChI is InChI=1S/C39H54O4S/c1-6-7-8-9-10-11-18-23-37(40)44-36(30-42-29-28-38(2,3)4)31-43-39(32-19-14-12-15-20-32,33-21-16-13-17-22-33)34-24-26-35(41-5)27-25-34/h12-17,19-22,24-27,36H,6-11,18,23,28-31H2,1-5H3/t36-/m1/s1. The highest BCUT2D eigenvalue weighted by molar-refractivity contribution is 8.14. The maximum atomic E-state index is 13.2. The minimum Gasteiger partial charge on any atom is -0.497 e. The van der Waals surface area contributed by atoms with Crippen molar-refractivity contribution in [3.8, 4) is 5.75 Å². The van der Waals surface area contributed by atoms with Crippen molar-refractivity contribution in [2.75, 3.05) is 26.9 Å². The van der Waals surface area contributed by atoms with Crippen molar-refractivity contribution >= 4 is 16.9 Å². The monoisotopic (exact) mass is 618 g/mol. The van der Waals surface area contributed by atoms with E-state index >= 15 is 0 Å². The number of thioether (sulfide) groups is 1. The number of carbonyl (C=O) groups excluding carboxylic acids is 1. The molecule has 0 aliphatic heterocycles. The second kappa shape index (κ2) is 19.0. The fraction of sp³-hybridized carbons (Fsp3) is 0.513. The van der Waals surface area contributed by atoms with E-state index in [9.17, 15) is 4.79 Å². The van der Waals surface area contributed by atoms with E-state index < -0.39 is 5.60 Å². The average Bonchev–Trinajstić information content (AvgIpc) is 3.03. The molecule has 0 saturated carbocycles. The van der Waals surface area contributed by atoms with Gasteiger partial charge in [0.15, 0.2) is 5.12 Å². The third-order valence-electron chi connectivity index (χ3n) is 7.93. The van der Waals surface area contributed by atoms with Gasteiger partial charge in [-0.1, -0.05) is 151 Å². The average molecular weight is 619 g/mol. The molecule has 44 heavy (non-hydrogen) atoms. The second-order valence-electron chi connectivity index (χ2n) is 12.8. The fourth-order valence-electron chi connectivity index (χ4n) is 5.32. The summed E-state index contributed by atoms with van der Waals surface area (Å²) in [7, 11) is 1.68. The van der Waals surface area contributed by atoms with E-state index in [0.717, 1.165) is 41.7 Å². The molecule has 0 aliphatic carbocycles. The summed E-state index contributed by atoms with van der Waals surface area (Å²) >= 11 is 1.40. The maximum absolute atomic E-state index is 13.2. The molecule has 0 heterocycles. The van der Waals surface area contributed by atoms with Crippen molar-refractivity contribution < 1.29 is 19.0 Å². The van der Waals surface area contributed by atoms with E-state index in [4.69, 9.17) is 14.2 Å². The van der Waals surface area contributed by atoms with Crippen molar-refractivity contribution in [3.63, 3.8) is 0 Å². The van der Waals surface area contributed by atoms with E-state index in [1.807, 2.05) is 48.5 Å². The normalized spacial score (nSPS) is 12.7. The first-order valence-electron chi connectivity index (χ1n) is 16.4. The number of benzene rings is 3. The number of carbonyl (C=O) groups is 1. The van der Waals surface area contributed by atoms with Gasteiger partial charge in [0.1, 0.15) is 11.4 Å². The Labute approximate surface area is 271 Å². The zero-order valence-corrected chi connectivity index (χ0v) is 28.5. The van der Waals surface area contributed by atoms with E-state index in [1.165, 1.54) is 43.9 Å². The maximum Gasteiger partial charge on any atom is 0.189 e. The Morgan fingerprint density at radius 3 is 1.82 bits per heavy atom. The number of rotatable bonds is 20. The summed E-state index contributed by atoms with van der Waals surface area (Å²) in [5, 5.41) is 0.0955. The summed E-state index contributed by atoms with van der Waals surface area (Å²) < 4.78 is 18.8. The zero-order chi connectivity index (χ0) is 31.7. The molecule has 3 rings (SSSR count). The molecule has 0 spiro atoms. The van der Waals surface area contributed by atoms with Gasteiger partial charge in [0, 0.05) is 13.0 Å². The third kappa shape index (κ3) is 11.7. The zero-order valence-electron chi connectivity index (χ0n) is 27.7. The molecule has 5 heteroatoms. The largest absolute Gasteiger partial charge is 0.497 e. The lowest BCUT2D eigenvalue weighted by Crippen LogP contribution is -2.36. The highest BCUT2D eigenvalue weighted by Crippen LogP contribution is 2.41. The molecule has 0 amide bonds. The summed E-state index contributed by atoms with van der Waals surface area (Å²) in [6.07, 6.45) is 9.93. The Kier molecular flexibility index (Phi) is 15.5. The van der Waals surface area contributed by atoms with Crippen LogP contribution in [0.25, 0.3) is 0 Å². The van der Waals surface area contributed by atoms with Gasteiger partial charge >= 0.3 is 0 Å². The minimum atomic E-state index is -0.874. The summed E-state index contributed by atoms with van der Waals surface area (Å²) in [6, 6.07) is 28.8. The molecule has 3 aromatic carbocycles. The second-order valence-corrected chi connectivity index (χ2v) is 14.2. The molecular formula is C39H54O4S. The van der Waals surface area contributed by atoms with Gasteiger partial charge < -0.3 is 14.2 Å². The van der Waals surface area contributed by atoms with E-state index in [-0.39, 0.29) is 15.8 Å². The molecule has 0 bridgehead atoms. The molecule has 1 atom stereocenters. The van der Waals surface area contributed by atoms with Crippen LogP contribution in [-0.4, -0.2) is 37.3 Å². The molecule has 4 nitrogen and oxygen atoms in total. The molecule has 0 N–H and O–H groups in total. The van der Waals surface area contributed by atoms with Crippen LogP contribution < -0.4 is 4.74 Å². The van der Waals surface area contributed by atoms with Crippen molar-refractivity contribution in [3.05, 3.63) is 102 Å². The van der Waals surface area contributed by atoms with Crippen molar-refractivity contribution in [2.45, 2.75) is 96.3 Å². The minimum absolute atomic E-state index is 0.128. The summed E-state index contributed by atoms with van der Waals surface area (Å²) in [5.74, 6) is 0.792. The third-order valence-corrected chi connectivity index (χ3v) is 9.00. The van der Waals surface area contributed by atoms with Crippen molar-refractivity contribution in [1.29, 1.82) is 0 Å². The van der Waals surface area contributed by atoms with Crippen LogP contribution >= 0.6 is 11.8 Å². The Morgan fingerprint density at radius 2 is 1.27 bits per heavy atom. The first kappa shape index (κ1) is 35.9. The quantitative estimate of drug-likeness (QED) is 0.0931. The highest BCUT2D eigenvalue weighted by Gasteiger charge is 2.38. The fourth-order valence-corrected chi connectivity index (χ4v) is 6.25. The van der Waals surface area contributed by atoms with Crippen LogP contribution in [0.4, 0.5) is 0 Å². The van der Waals surface area contributed by atoms with E-state index in [0.29, 0.717) is 26.2 Å². The van der Waals surface area contributed by atoms with Gasteiger partial charge in [0.2, 0.25) is 0 Å². The lowest BCUT2D eigenvalue weighted by Gasteiger charge is -2.37. The molecule has 0 radical (unpaired) electrons. The van der Waals surface area contributed by atoms with Gasteiger partial charge in [0.05, 0.1) is 25.6 Å². The van der Waals surface area contributed by atoms with Gasteiger partial charge in [0.25, 0.3) is 0 Å². The predicted molar refractivity (Wildman–Crippen MR) is 186 cm³/mol. The summed E-state index contributed by atoms with van der Waals surface area (Å²) in [4.78, 5) is 13.2. The van der Waals surface area contributed by atoms with Crippen molar-refractivity contribution in [1.82, 2.24) is 0 Å². The van der Waals surface area contributed by atoms with Crippen LogP contribution in [-0.2, 0) is 19.9 Å². The molecule has 0 aliphatic rings. The Bertz CT molecular complexity index is 1150. The Balaban J connectivity index is 1.84. The number of unbranched alkanes of at least 4 members (excludes halogenated alkanes) is 6. The summed E-state index contributed by atoms with van der Waals surface area (Å²) in [6.45, 7) is 10.4. The van der Waals surface area contributed by atoms with Gasteiger partial charge in [-0.25, -0.2) is 0 Å². The summed E-state index contributed by atoms with van der Waals surface area (Å²) in [5.41, 5.74) is 2.38. The molecule has 0 aromatic heterocycles. The smallest absolute Gasteiger partial charge is 0.189 e. The number of hydrogen-bond acceptors (Lipinski definition) is 5. The molecule has 3 aromatic rings. The Morgan fingerprint density at radius 1 is 0.727 bits per heavy atom. The van der Waals surface area contributed by atoms with Crippen LogP contribution in [0.1, 0.15) is 102 Å². The first-order valence-corrected chi connectivity index (χ1v) is 17.3. The topological polar surface area (TPSA) is 44.8 Å². The molecule has 0 fully saturated rings. The number of methoxy groups -OCH3 is 1. The van der Waals surface area contributed by atoms with Crippen LogP contribution in [0.2, 0.25) is 0 Å². The SMILES string of the molecule is CCCCCCCCCC(=O)S[C@H](COCCC(C)(C)C)COC(c1ccccc1)(c1ccccc1)c1ccc(OC)cc1. The molecule has 240 valence electrons. The van der Waals surface area contributed by atoms with E-state index in [1.54, 1.807) is 7.11 Å². The molecule has 0 unspecified atom stereocenters. The first-order chi connectivity index (χ1) is 21.3. The highest BCUT2D eigenvalue weighted by atomic mass is 32.2. The number of hydrogen-bond donors (Lipinski definition) is 0. The lowest BCUT2D eigenvalue weighted by atomic mass is 9.80. The van der Waals surface area contributed by atoms with Crippen LogP contribution in [0.15, 0.2) is 84.9 Å². The van der Waals surface area contributed by atoms with Gasteiger partial charge in [-0.15, -0.1) is 0 Å². The number of ether oxygens (including phenoxy) is 3. The molecule has 0 saturated heterocycles. The predicted octanol–water partition coefficient (Wildman–Crippen LogP) is 10.2. The van der Waals surface area contributed by atoms with Crippen LogP contribution in [0, 0.1) is 5.41 Å². The Hall–Kier alpha value is -2.60. The van der Waals surface area contributed by atoms with Crippen molar-refractivity contribution in [2.24, 2.45) is 5.41 Å². The lowest BCUT2D eigenvalue weighted by molar-refractivity contribution is -0.111. The van der Waals surface area contributed by atoms with Crippen LogP contribution in [0.3, 0.4) is 0 Å². The van der Waals surface area contributed by atoms with Gasteiger partial charge in [-0.2, -0.15) is 0 Å². The van der Waals surface area contributed by atoms with Gasteiger partial charge in [-0.3, -0.25) is 4.79 Å².